The fourth-order valence-corrected chi connectivity index (χ4v) is 3.24. The Morgan fingerprint density at radius 3 is 2.63 bits per heavy atom. The first-order valence-corrected chi connectivity index (χ1v) is 8.01. The molecule has 1 aliphatic carbocycles. The van der Waals surface area contributed by atoms with Gasteiger partial charge in [-0.1, -0.05) is 32.6 Å². The molecule has 3 nitrogen and oxygen atoms in total. The van der Waals surface area contributed by atoms with Crippen LogP contribution in [0.25, 0.3) is 0 Å². The van der Waals surface area contributed by atoms with Gasteiger partial charge in [0.1, 0.15) is 5.82 Å². The van der Waals surface area contributed by atoms with Crippen molar-refractivity contribution in [3.8, 4) is 0 Å². The first-order valence-electron chi connectivity index (χ1n) is 8.01. The van der Waals surface area contributed by atoms with E-state index in [0.29, 0.717) is 6.04 Å². The van der Waals surface area contributed by atoms with Gasteiger partial charge >= 0.3 is 0 Å². The molecule has 0 spiro atoms. The number of hydrogen-bond acceptors (Lipinski definition) is 2. The van der Waals surface area contributed by atoms with Crippen molar-refractivity contribution in [2.24, 2.45) is 13.0 Å². The zero-order valence-corrected chi connectivity index (χ0v) is 12.6. The summed E-state index contributed by atoms with van der Waals surface area (Å²) in [5, 5.41) is 3.78. The molecule has 1 heterocycles. The summed E-state index contributed by atoms with van der Waals surface area (Å²) < 4.78 is 2.16. The molecule has 1 atom stereocenters. The Bertz CT molecular complexity index is 351. The van der Waals surface area contributed by atoms with Crippen molar-refractivity contribution in [1.82, 2.24) is 14.9 Å². The Morgan fingerprint density at radius 2 is 2.05 bits per heavy atom. The fraction of sp³-hybridized carbons (Fsp3) is 0.812. The molecule has 1 fully saturated rings. The number of aromatic nitrogens is 2. The van der Waals surface area contributed by atoms with Crippen molar-refractivity contribution in [3.63, 3.8) is 0 Å². The monoisotopic (exact) mass is 263 g/mol. The Balaban J connectivity index is 1.99. The van der Waals surface area contributed by atoms with Crippen LogP contribution in [0.15, 0.2) is 12.4 Å². The van der Waals surface area contributed by atoms with E-state index in [1.54, 1.807) is 0 Å². The first kappa shape index (κ1) is 14.6. The van der Waals surface area contributed by atoms with E-state index in [0.717, 1.165) is 18.9 Å². The van der Waals surface area contributed by atoms with Gasteiger partial charge in [-0.25, -0.2) is 4.98 Å². The van der Waals surface area contributed by atoms with Crippen LogP contribution in [0.3, 0.4) is 0 Å². The maximum absolute atomic E-state index is 4.50. The van der Waals surface area contributed by atoms with Gasteiger partial charge in [0.25, 0.3) is 0 Å². The summed E-state index contributed by atoms with van der Waals surface area (Å²) in [7, 11) is 2.10. The standard InChI is InChI=1S/C16H29N3/c1-3-10-17-15(13-16-18-11-12-19(16)2)14-8-6-4-5-7-9-14/h11-12,14-15,17H,3-10,13H2,1-2H3. The highest BCUT2D eigenvalue weighted by Gasteiger charge is 2.23. The molecule has 0 saturated heterocycles. The Kier molecular flexibility index (Phi) is 5.90. The van der Waals surface area contributed by atoms with E-state index in [4.69, 9.17) is 0 Å². The van der Waals surface area contributed by atoms with Crippen LogP contribution in [-0.4, -0.2) is 22.1 Å². The first-order chi connectivity index (χ1) is 9.31. The second-order valence-corrected chi connectivity index (χ2v) is 5.97. The third kappa shape index (κ3) is 4.34. The molecular weight excluding hydrogens is 234 g/mol. The molecular formula is C16H29N3. The van der Waals surface area contributed by atoms with Gasteiger partial charge in [-0.05, 0) is 31.7 Å². The Hall–Kier alpha value is -0.830. The van der Waals surface area contributed by atoms with Crippen molar-refractivity contribution >= 4 is 0 Å². The van der Waals surface area contributed by atoms with Gasteiger partial charge in [-0.15, -0.1) is 0 Å². The Labute approximate surface area is 117 Å². The average Bonchev–Trinajstić information content (AvgIpc) is 2.68. The zero-order chi connectivity index (χ0) is 13.5. The minimum absolute atomic E-state index is 0.610. The number of nitrogens with one attached hydrogen (secondary N) is 1. The lowest BCUT2D eigenvalue weighted by molar-refractivity contribution is 0.312. The lowest BCUT2D eigenvalue weighted by Gasteiger charge is -2.27. The van der Waals surface area contributed by atoms with Gasteiger partial charge in [-0.2, -0.15) is 0 Å². The predicted molar refractivity (Wildman–Crippen MR) is 80.2 cm³/mol. The summed E-state index contributed by atoms with van der Waals surface area (Å²) in [6.07, 6.45) is 14.7. The van der Waals surface area contributed by atoms with Crippen LogP contribution < -0.4 is 5.32 Å². The molecule has 1 aromatic rings. The lowest BCUT2D eigenvalue weighted by atomic mass is 9.89. The summed E-state index contributed by atoms with van der Waals surface area (Å²) in [4.78, 5) is 4.50. The normalized spacial score (nSPS) is 19.3. The molecule has 3 heteroatoms. The molecule has 0 aromatic carbocycles. The maximum atomic E-state index is 4.50. The molecule has 1 N–H and O–H groups in total. The largest absolute Gasteiger partial charge is 0.338 e. The van der Waals surface area contributed by atoms with E-state index in [1.165, 1.54) is 50.8 Å². The predicted octanol–water partition coefficient (Wildman–Crippen LogP) is 3.30. The van der Waals surface area contributed by atoms with Crippen LogP contribution in [0.2, 0.25) is 0 Å². The van der Waals surface area contributed by atoms with Gasteiger partial charge in [0.05, 0.1) is 0 Å². The van der Waals surface area contributed by atoms with E-state index in [2.05, 4.69) is 35.0 Å². The molecule has 1 saturated carbocycles. The van der Waals surface area contributed by atoms with E-state index < -0.39 is 0 Å². The Morgan fingerprint density at radius 1 is 1.32 bits per heavy atom. The van der Waals surface area contributed by atoms with Gasteiger partial charge in [0.2, 0.25) is 0 Å². The number of nitrogens with zero attached hydrogens (tertiary/aromatic N) is 2. The minimum Gasteiger partial charge on any atom is -0.338 e. The van der Waals surface area contributed by atoms with E-state index in [-0.39, 0.29) is 0 Å². The van der Waals surface area contributed by atoms with Gasteiger partial charge < -0.3 is 9.88 Å². The molecule has 2 rings (SSSR count). The van der Waals surface area contributed by atoms with Crippen molar-refractivity contribution in [1.29, 1.82) is 0 Å². The molecule has 0 amide bonds. The van der Waals surface area contributed by atoms with E-state index >= 15 is 0 Å². The number of imidazole rings is 1. The molecule has 1 aromatic heterocycles. The quantitative estimate of drug-likeness (QED) is 0.798. The molecule has 1 aliphatic rings. The zero-order valence-electron chi connectivity index (χ0n) is 12.6. The third-order valence-corrected chi connectivity index (χ3v) is 4.45. The van der Waals surface area contributed by atoms with E-state index in [9.17, 15) is 0 Å². The summed E-state index contributed by atoms with van der Waals surface area (Å²) in [5.41, 5.74) is 0. The number of hydrogen-bond donors (Lipinski definition) is 1. The second kappa shape index (κ2) is 7.68. The van der Waals surface area contributed by atoms with Crippen molar-refractivity contribution < 1.29 is 0 Å². The molecule has 19 heavy (non-hydrogen) atoms. The summed E-state index contributed by atoms with van der Waals surface area (Å²) >= 11 is 0. The molecule has 108 valence electrons. The summed E-state index contributed by atoms with van der Waals surface area (Å²) in [5.74, 6) is 2.06. The second-order valence-electron chi connectivity index (χ2n) is 5.97. The fourth-order valence-electron chi connectivity index (χ4n) is 3.24. The minimum atomic E-state index is 0.610. The summed E-state index contributed by atoms with van der Waals surface area (Å²) in [6.45, 7) is 3.38. The summed E-state index contributed by atoms with van der Waals surface area (Å²) in [6, 6.07) is 0.610. The SMILES string of the molecule is CCCNC(Cc1nccn1C)C1CCCCCC1. The average molecular weight is 263 g/mol. The van der Waals surface area contributed by atoms with Crippen molar-refractivity contribution in [3.05, 3.63) is 18.2 Å². The maximum Gasteiger partial charge on any atom is 0.109 e. The van der Waals surface area contributed by atoms with Crippen LogP contribution in [0, 0.1) is 5.92 Å². The molecule has 0 aliphatic heterocycles. The molecule has 0 bridgehead atoms. The van der Waals surface area contributed by atoms with Crippen LogP contribution in [0.5, 0.6) is 0 Å². The number of rotatable bonds is 6. The van der Waals surface area contributed by atoms with Crippen LogP contribution in [-0.2, 0) is 13.5 Å². The van der Waals surface area contributed by atoms with Gasteiger partial charge in [-0.3, -0.25) is 0 Å². The highest BCUT2D eigenvalue weighted by Crippen LogP contribution is 2.27. The van der Waals surface area contributed by atoms with Crippen LogP contribution in [0.1, 0.15) is 57.7 Å². The topological polar surface area (TPSA) is 29.9 Å². The number of aryl methyl sites for hydroxylation is 1. The van der Waals surface area contributed by atoms with Gasteiger partial charge in [0.15, 0.2) is 0 Å². The third-order valence-electron chi connectivity index (χ3n) is 4.45. The molecule has 1 unspecified atom stereocenters. The molecule has 0 radical (unpaired) electrons. The van der Waals surface area contributed by atoms with Crippen LogP contribution >= 0.6 is 0 Å². The smallest absolute Gasteiger partial charge is 0.109 e. The van der Waals surface area contributed by atoms with E-state index in [1.807, 2.05) is 6.20 Å². The van der Waals surface area contributed by atoms with Crippen molar-refractivity contribution in [2.45, 2.75) is 64.3 Å². The van der Waals surface area contributed by atoms with Gasteiger partial charge in [0, 0.05) is 31.9 Å². The highest BCUT2D eigenvalue weighted by atomic mass is 15.0. The van der Waals surface area contributed by atoms with Crippen molar-refractivity contribution in [2.75, 3.05) is 6.54 Å². The van der Waals surface area contributed by atoms with Crippen LogP contribution in [0.4, 0.5) is 0 Å². The highest BCUT2D eigenvalue weighted by molar-refractivity contribution is 4.96. The lowest BCUT2D eigenvalue weighted by Crippen LogP contribution is -2.39.